The first-order chi connectivity index (χ1) is 11.2. The van der Waals surface area contributed by atoms with E-state index in [1.54, 1.807) is 7.11 Å². The Morgan fingerprint density at radius 2 is 2.22 bits per heavy atom. The van der Waals surface area contributed by atoms with Gasteiger partial charge in [0.2, 0.25) is 0 Å². The van der Waals surface area contributed by atoms with E-state index in [9.17, 15) is 5.26 Å². The van der Waals surface area contributed by atoms with Crippen molar-refractivity contribution in [1.29, 1.82) is 5.26 Å². The minimum Gasteiger partial charge on any atom is -0.497 e. The molecule has 0 spiro atoms. The highest BCUT2D eigenvalue weighted by atomic mass is 16.5. The molecule has 0 bridgehead atoms. The zero-order chi connectivity index (χ0) is 16.7. The second kappa shape index (κ2) is 8.52. The lowest BCUT2D eigenvalue weighted by Crippen LogP contribution is -2.81. The molecule has 122 valence electrons. The van der Waals surface area contributed by atoms with Crippen LogP contribution in [0.15, 0.2) is 48.1 Å². The SMILES string of the molecule is CCOC(c1cccc(OC)c1)C1C=C(C#N)C=CC1C[NH2+]C. The number of allylic oxidation sites excluding steroid dienone is 2. The topological polar surface area (TPSA) is 58.9 Å². The second-order valence-electron chi connectivity index (χ2n) is 5.63. The highest BCUT2D eigenvalue weighted by molar-refractivity contribution is 5.39. The van der Waals surface area contributed by atoms with Gasteiger partial charge in [-0.05, 0) is 30.7 Å². The quantitative estimate of drug-likeness (QED) is 0.839. The van der Waals surface area contributed by atoms with E-state index in [0.717, 1.165) is 17.9 Å². The molecular weight excluding hydrogens is 288 g/mol. The molecular formula is C19H25N2O2+. The molecule has 0 amide bonds. The number of nitrogens with zero attached hydrogens (tertiary/aromatic N) is 1. The molecule has 4 heteroatoms. The first kappa shape index (κ1) is 17.3. The maximum absolute atomic E-state index is 9.25. The molecule has 23 heavy (non-hydrogen) atoms. The average Bonchev–Trinajstić information content (AvgIpc) is 2.60. The van der Waals surface area contributed by atoms with Gasteiger partial charge in [-0.3, -0.25) is 0 Å². The smallest absolute Gasteiger partial charge is 0.119 e. The van der Waals surface area contributed by atoms with Crippen LogP contribution in [0.4, 0.5) is 0 Å². The highest BCUT2D eigenvalue weighted by Crippen LogP contribution is 2.37. The summed E-state index contributed by atoms with van der Waals surface area (Å²) in [6.45, 7) is 3.59. The summed E-state index contributed by atoms with van der Waals surface area (Å²) in [6, 6.07) is 10.2. The third-order valence-corrected chi connectivity index (χ3v) is 4.14. The van der Waals surface area contributed by atoms with Crippen LogP contribution in [-0.4, -0.2) is 27.3 Å². The summed E-state index contributed by atoms with van der Waals surface area (Å²) in [7, 11) is 3.73. The third-order valence-electron chi connectivity index (χ3n) is 4.14. The summed E-state index contributed by atoms with van der Waals surface area (Å²) in [4.78, 5) is 0. The van der Waals surface area contributed by atoms with Gasteiger partial charge in [0, 0.05) is 24.0 Å². The molecule has 4 nitrogen and oxygen atoms in total. The molecule has 2 rings (SSSR count). The molecule has 1 aliphatic rings. The van der Waals surface area contributed by atoms with Crippen LogP contribution in [0.5, 0.6) is 5.75 Å². The molecule has 2 N–H and O–H groups in total. The molecule has 0 aliphatic heterocycles. The van der Waals surface area contributed by atoms with Crippen LogP contribution in [0.1, 0.15) is 18.6 Å². The van der Waals surface area contributed by atoms with E-state index in [1.165, 1.54) is 0 Å². The van der Waals surface area contributed by atoms with E-state index in [2.05, 4.69) is 30.6 Å². The number of quaternary nitrogens is 1. The molecule has 0 radical (unpaired) electrons. The average molecular weight is 313 g/mol. The van der Waals surface area contributed by atoms with Crippen molar-refractivity contribution < 1.29 is 14.8 Å². The fourth-order valence-corrected chi connectivity index (χ4v) is 3.06. The summed E-state index contributed by atoms with van der Waals surface area (Å²) in [6.07, 6.45) is 6.01. The number of rotatable bonds is 7. The molecule has 0 saturated heterocycles. The van der Waals surface area contributed by atoms with Crippen LogP contribution in [0.2, 0.25) is 0 Å². The molecule has 1 aromatic rings. The van der Waals surface area contributed by atoms with Gasteiger partial charge in [0.05, 0.1) is 32.9 Å². The van der Waals surface area contributed by atoms with Crippen LogP contribution in [-0.2, 0) is 4.74 Å². The predicted octanol–water partition coefficient (Wildman–Crippen LogP) is 2.22. The predicted molar refractivity (Wildman–Crippen MR) is 89.9 cm³/mol. The Morgan fingerprint density at radius 3 is 2.87 bits per heavy atom. The maximum atomic E-state index is 9.25. The van der Waals surface area contributed by atoms with Gasteiger partial charge in [-0.25, -0.2) is 0 Å². The number of nitrogens with two attached hydrogens (primary N) is 1. The molecule has 0 heterocycles. The van der Waals surface area contributed by atoms with E-state index in [4.69, 9.17) is 9.47 Å². The Hall–Kier alpha value is -2.09. The standard InChI is InChI=1S/C19H24N2O2/c1-4-23-19(15-6-5-7-17(11-15)22-3)18-10-14(12-20)8-9-16(18)13-21-2/h5-11,16,18-19,21H,4,13H2,1-3H3/p+1. The lowest BCUT2D eigenvalue weighted by Gasteiger charge is -2.31. The van der Waals surface area contributed by atoms with E-state index in [-0.39, 0.29) is 12.0 Å². The van der Waals surface area contributed by atoms with Crippen molar-refractivity contribution in [3.8, 4) is 11.8 Å². The van der Waals surface area contributed by atoms with Crippen LogP contribution >= 0.6 is 0 Å². The van der Waals surface area contributed by atoms with Crippen LogP contribution in [0.3, 0.4) is 0 Å². The van der Waals surface area contributed by atoms with E-state index in [1.807, 2.05) is 37.3 Å². The normalized spacial score (nSPS) is 21.4. The van der Waals surface area contributed by atoms with Crippen LogP contribution < -0.4 is 10.1 Å². The van der Waals surface area contributed by atoms with E-state index in [0.29, 0.717) is 18.1 Å². The first-order valence-corrected chi connectivity index (χ1v) is 8.07. The van der Waals surface area contributed by atoms with Crippen molar-refractivity contribution in [2.45, 2.75) is 13.0 Å². The minimum absolute atomic E-state index is 0.0895. The van der Waals surface area contributed by atoms with Crippen molar-refractivity contribution in [2.75, 3.05) is 27.3 Å². The number of ether oxygens (including phenoxy) is 2. The Balaban J connectivity index is 2.38. The fourth-order valence-electron chi connectivity index (χ4n) is 3.06. The van der Waals surface area contributed by atoms with Crippen molar-refractivity contribution >= 4 is 0 Å². The van der Waals surface area contributed by atoms with Crippen molar-refractivity contribution in [3.63, 3.8) is 0 Å². The van der Waals surface area contributed by atoms with E-state index < -0.39 is 0 Å². The zero-order valence-corrected chi connectivity index (χ0v) is 14.0. The molecule has 0 fully saturated rings. The van der Waals surface area contributed by atoms with Crippen LogP contribution in [0, 0.1) is 23.2 Å². The van der Waals surface area contributed by atoms with Gasteiger partial charge in [-0.2, -0.15) is 5.26 Å². The van der Waals surface area contributed by atoms with Gasteiger partial charge in [0.25, 0.3) is 0 Å². The summed E-state index contributed by atoms with van der Waals surface area (Å²) in [5.74, 6) is 1.29. The van der Waals surface area contributed by atoms with Crippen molar-refractivity contribution in [2.24, 2.45) is 11.8 Å². The molecule has 0 saturated carbocycles. The summed E-state index contributed by atoms with van der Waals surface area (Å²) >= 11 is 0. The summed E-state index contributed by atoms with van der Waals surface area (Å²) in [5.41, 5.74) is 1.79. The molecule has 0 aromatic heterocycles. The van der Waals surface area contributed by atoms with Gasteiger partial charge < -0.3 is 14.8 Å². The fraction of sp³-hybridized carbons (Fsp3) is 0.421. The number of nitriles is 1. The Kier molecular flexibility index (Phi) is 6.40. The number of methoxy groups -OCH3 is 1. The molecule has 3 unspecified atom stereocenters. The summed E-state index contributed by atoms with van der Waals surface area (Å²) < 4.78 is 11.4. The lowest BCUT2D eigenvalue weighted by molar-refractivity contribution is -0.632. The van der Waals surface area contributed by atoms with Crippen molar-refractivity contribution in [3.05, 3.63) is 53.6 Å². The molecule has 1 aromatic carbocycles. The molecule has 3 atom stereocenters. The second-order valence-corrected chi connectivity index (χ2v) is 5.63. The monoisotopic (exact) mass is 313 g/mol. The maximum Gasteiger partial charge on any atom is 0.119 e. The number of hydrogen-bond acceptors (Lipinski definition) is 3. The largest absolute Gasteiger partial charge is 0.497 e. The first-order valence-electron chi connectivity index (χ1n) is 8.07. The van der Waals surface area contributed by atoms with Crippen molar-refractivity contribution in [1.82, 2.24) is 0 Å². The zero-order valence-electron chi connectivity index (χ0n) is 14.0. The number of benzene rings is 1. The van der Waals surface area contributed by atoms with Crippen LogP contribution in [0.25, 0.3) is 0 Å². The lowest BCUT2D eigenvalue weighted by atomic mass is 9.79. The minimum atomic E-state index is -0.0895. The van der Waals surface area contributed by atoms with Gasteiger partial charge in [-0.15, -0.1) is 0 Å². The summed E-state index contributed by atoms with van der Waals surface area (Å²) in [5, 5.41) is 11.4. The van der Waals surface area contributed by atoms with Gasteiger partial charge in [0.15, 0.2) is 0 Å². The Morgan fingerprint density at radius 1 is 1.39 bits per heavy atom. The number of hydrogen-bond donors (Lipinski definition) is 1. The Bertz CT molecular complexity index is 616. The van der Waals surface area contributed by atoms with Gasteiger partial charge in [-0.1, -0.05) is 24.3 Å². The van der Waals surface area contributed by atoms with Gasteiger partial charge >= 0.3 is 0 Å². The molecule has 1 aliphatic carbocycles. The van der Waals surface area contributed by atoms with Gasteiger partial charge in [0.1, 0.15) is 5.75 Å². The Labute approximate surface area is 138 Å². The van der Waals surface area contributed by atoms with E-state index >= 15 is 0 Å². The third kappa shape index (κ3) is 4.22. The highest BCUT2D eigenvalue weighted by Gasteiger charge is 2.31.